The summed E-state index contributed by atoms with van der Waals surface area (Å²) in [7, 11) is 6.23. The molecule has 0 radical (unpaired) electrons. The van der Waals surface area contributed by atoms with Gasteiger partial charge in [-0.05, 0) is 0 Å². The Bertz CT molecular complexity index is 161. The predicted octanol–water partition coefficient (Wildman–Crippen LogP) is -2.27. The first kappa shape index (κ1) is 14.0. The molecule has 0 aromatic carbocycles. The summed E-state index contributed by atoms with van der Waals surface area (Å²) in [5.41, 5.74) is 0. The zero-order chi connectivity index (χ0) is 8.91. The number of hydrogen-bond acceptors (Lipinski definition) is 1. The van der Waals surface area contributed by atoms with E-state index in [9.17, 15) is 4.79 Å². The van der Waals surface area contributed by atoms with Crippen molar-refractivity contribution in [3.63, 3.8) is 0 Å². The number of carboxylic acid groups (broad SMARTS) is 1. The van der Waals surface area contributed by atoms with E-state index in [1.165, 1.54) is 6.08 Å². The Morgan fingerprint density at radius 3 is 2.25 bits per heavy atom. The van der Waals surface area contributed by atoms with Gasteiger partial charge in [0.1, 0.15) is 0 Å². The van der Waals surface area contributed by atoms with Gasteiger partial charge in [0.15, 0.2) is 0 Å². The molecule has 12 heavy (non-hydrogen) atoms. The van der Waals surface area contributed by atoms with E-state index >= 15 is 0 Å². The number of hydrogen-bond donors (Lipinski definition) is 1. The van der Waals surface area contributed by atoms with E-state index in [2.05, 4.69) is 21.1 Å². The topological polar surface area (TPSA) is 37.3 Å². The van der Waals surface area contributed by atoms with Crippen molar-refractivity contribution in [2.45, 2.75) is 6.42 Å². The number of rotatable bonds is 4. The highest BCUT2D eigenvalue weighted by atomic mass is 35.5. The van der Waals surface area contributed by atoms with Crippen LogP contribution in [-0.4, -0.2) is 43.2 Å². The lowest BCUT2D eigenvalue weighted by molar-refractivity contribution is -0.869. The first-order chi connectivity index (χ1) is 4.92. The van der Waals surface area contributed by atoms with Gasteiger partial charge in [-0.2, -0.15) is 0 Å². The van der Waals surface area contributed by atoms with Crippen molar-refractivity contribution in [1.82, 2.24) is 0 Å². The number of nitrogens with zero attached hydrogens (tertiary/aromatic N) is 1. The molecule has 0 atom stereocenters. The SMILES string of the molecule is C[N+](C)(C)CC/C=C/C(=O)O.[Cl-]. The number of aliphatic carboxylic acids is 1. The summed E-state index contributed by atoms with van der Waals surface area (Å²) < 4.78 is 0.865. The van der Waals surface area contributed by atoms with Crippen molar-refractivity contribution in [2.75, 3.05) is 27.7 Å². The van der Waals surface area contributed by atoms with Crippen LogP contribution < -0.4 is 12.4 Å². The van der Waals surface area contributed by atoms with Crippen molar-refractivity contribution in [3.8, 4) is 0 Å². The lowest BCUT2D eigenvalue weighted by atomic mass is 10.3. The van der Waals surface area contributed by atoms with E-state index in [1.54, 1.807) is 6.08 Å². The summed E-state index contributed by atoms with van der Waals surface area (Å²) in [5, 5.41) is 8.25. The van der Waals surface area contributed by atoms with E-state index in [1.807, 2.05) is 0 Å². The molecule has 0 aromatic rings. The maximum Gasteiger partial charge on any atom is 0.327 e. The minimum atomic E-state index is -0.869. The van der Waals surface area contributed by atoms with Crippen LogP contribution in [0.15, 0.2) is 12.2 Å². The number of quaternary nitrogens is 1. The van der Waals surface area contributed by atoms with E-state index in [4.69, 9.17) is 5.11 Å². The fourth-order valence-electron chi connectivity index (χ4n) is 0.646. The smallest absolute Gasteiger partial charge is 0.327 e. The molecule has 0 unspecified atom stereocenters. The fraction of sp³-hybridized carbons (Fsp3) is 0.625. The molecule has 0 aliphatic heterocycles. The van der Waals surface area contributed by atoms with Crippen LogP contribution in [0.2, 0.25) is 0 Å². The van der Waals surface area contributed by atoms with Crippen LogP contribution in [0, 0.1) is 0 Å². The highest BCUT2D eigenvalue weighted by Crippen LogP contribution is 1.93. The number of halogens is 1. The lowest BCUT2D eigenvalue weighted by Gasteiger charge is -2.22. The molecule has 0 fully saturated rings. The van der Waals surface area contributed by atoms with Gasteiger partial charge in [0.25, 0.3) is 0 Å². The molecule has 0 aromatic heterocycles. The van der Waals surface area contributed by atoms with Crippen LogP contribution in [0.3, 0.4) is 0 Å². The second-order valence-electron chi connectivity index (χ2n) is 3.54. The van der Waals surface area contributed by atoms with Crippen LogP contribution in [-0.2, 0) is 4.79 Å². The zero-order valence-corrected chi connectivity index (χ0v) is 8.51. The summed E-state index contributed by atoms with van der Waals surface area (Å²) in [6.45, 7) is 0.962. The largest absolute Gasteiger partial charge is 1.00 e. The van der Waals surface area contributed by atoms with Crippen molar-refractivity contribution >= 4 is 5.97 Å². The van der Waals surface area contributed by atoms with Crippen molar-refractivity contribution in [2.24, 2.45) is 0 Å². The highest BCUT2D eigenvalue weighted by molar-refractivity contribution is 5.79. The Hall–Kier alpha value is -0.540. The second kappa shape index (κ2) is 6.03. The third-order valence-electron chi connectivity index (χ3n) is 1.23. The van der Waals surface area contributed by atoms with Gasteiger partial charge in [-0.15, -0.1) is 0 Å². The molecule has 0 amide bonds. The van der Waals surface area contributed by atoms with Crippen LogP contribution in [0.5, 0.6) is 0 Å². The molecule has 0 aliphatic rings. The van der Waals surface area contributed by atoms with Gasteiger partial charge in [0.2, 0.25) is 0 Å². The molecule has 72 valence electrons. The Kier molecular flexibility index (Phi) is 7.04. The minimum Gasteiger partial charge on any atom is -1.00 e. The predicted molar refractivity (Wildman–Crippen MR) is 44.3 cm³/mol. The Morgan fingerprint density at radius 2 is 1.92 bits per heavy atom. The Morgan fingerprint density at radius 1 is 1.42 bits per heavy atom. The van der Waals surface area contributed by atoms with Crippen molar-refractivity contribution in [1.29, 1.82) is 0 Å². The van der Waals surface area contributed by atoms with Gasteiger partial charge < -0.3 is 22.0 Å². The fourth-order valence-corrected chi connectivity index (χ4v) is 0.646. The van der Waals surface area contributed by atoms with Gasteiger partial charge in [0, 0.05) is 12.5 Å². The zero-order valence-electron chi connectivity index (χ0n) is 7.75. The van der Waals surface area contributed by atoms with Gasteiger partial charge >= 0.3 is 5.97 Å². The quantitative estimate of drug-likeness (QED) is 0.404. The monoisotopic (exact) mass is 193 g/mol. The van der Waals surface area contributed by atoms with Gasteiger partial charge in [0.05, 0.1) is 27.7 Å². The molecule has 0 heterocycles. The maximum atomic E-state index is 10.0. The molecule has 0 bridgehead atoms. The molecule has 0 saturated heterocycles. The summed E-state index contributed by atoms with van der Waals surface area (Å²) in [6.07, 6.45) is 3.69. The summed E-state index contributed by atoms with van der Waals surface area (Å²) in [5.74, 6) is -0.869. The van der Waals surface area contributed by atoms with Gasteiger partial charge in [-0.3, -0.25) is 0 Å². The third kappa shape index (κ3) is 12.2. The summed E-state index contributed by atoms with van der Waals surface area (Å²) >= 11 is 0. The molecule has 3 nitrogen and oxygen atoms in total. The standard InChI is InChI=1S/C8H15NO2.ClH/c1-9(2,3)7-5-4-6-8(10)11;/h4,6H,5,7H2,1-3H3;1H/b6-4+;. The van der Waals surface area contributed by atoms with E-state index in [-0.39, 0.29) is 12.4 Å². The van der Waals surface area contributed by atoms with Crippen molar-refractivity contribution in [3.05, 3.63) is 12.2 Å². The molecule has 0 rings (SSSR count). The highest BCUT2D eigenvalue weighted by Gasteiger charge is 2.03. The lowest BCUT2D eigenvalue weighted by Crippen LogP contribution is -3.00. The van der Waals surface area contributed by atoms with E-state index < -0.39 is 5.97 Å². The van der Waals surface area contributed by atoms with E-state index in [0.717, 1.165) is 17.4 Å². The molecular weight excluding hydrogens is 178 g/mol. The third-order valence-corrected chi connectivity index (χ3v) is 1.23. The molecular formula is C8H16ClNO2. The molecule has 4 heteroatoms. The van der Waals surface area contributed by atoms with Crippen LogP contribution >= 0.6 is 0 Å². The van der Waals surface area contributed by atoms with Crippen molar-refractivity contribution < 1.29 is 26.8 Å². The van der Waals surface area contributed by atoms with Crippen LogP contribution in [0.1, 0.15) is 6.42 Å². The molecule has 0 aliphatic carbocycles. The van der Waals surface area contributed by atoms with Crippen LogP contribution in [0.25, 0.3) is 0 Å². The number of carboxylic acids is 1. The first-order valence-corrected chi connectivity index (χ1v) is 3.62. The van der Waals surface area contributed by atoms with E-state index in [0.29, 0.717) is 0 Å². The average molecular weight is 194 g/mol. The number of carbonyl (C=O) groups is 1. The molecule has 1 N–H and O–H groups in total. The van der Waals surface area contributed by atoms with Gasteiger partial charge in [-0.1, -0.05) is 6.08 Å². The average Bonchev–Trinajstić information content (AvgIpc) is 1.78. The second-order valence-corrected chi connectivity index (χ2v) is 3.54. The molecule has 0 spiro atoms. The first-order valence-electron chi connectivity index (χ1n) is 3.62. The summed E-state index contributed by atoms with van der Waals surface area (Å²) in [4.78, 5) is 10.0. The van der Waals surface area contributed by atoms with Gasteiger partial charge in [-0.25, -0.2) is 4.79 Å². The maximum absolute atomic E-state index is 10.0. The minimum absolute atomic E-state index is 0. The van der Waals surface area contributed by atoms with Crippen LogP contribution in [0.4, 0.5) is 0 Å². The Labute approximate surface area is 79.7 Å². The summed E-state index contributed by atoms with van der Waals surface area (Å²) in [6, 6.07) is 0. The Balaban J connectivity index is 0. The normalized spacial score (nSPS) is 11.2. The molecule has 0 saturated carbocycles.